The molecule has 1 saturated carbocycles. The predicted molar refractivity (Wildman–Crippen MR) is 102 cm³/mol. The molecule has 2 amide bonds. The van der Waals surface area contributed by atoms with Crippen LogP contribution in [0.2, 0.25) is 0 Å². The molecule has 0 saturated heterocycles. The Balaban J connectivity index is 1.91. The number of allylic oxidation sites excluding steroid dienone is 1. The normalized spacial score (nSPS) is 20.9. The SMILES string of the molecule is CC1=C(C(=O)OC2CCCCC2)C(c2ccccc2OC(C)C)NC(=O)N1. The molecule has 1 unspecified atom stereocenters. The van der Waals surface area contributed by atoms with Gasteiger partial charge in [-0.15, -0.1) is 0 Å². The summed E-state index contributed by atoms with van der Waals surface area (Å²) in [4.78, 5) is 25.1. The van der Waals surface area contributed by atoms with Crippen LogP contribution in [0.4, 0.5) is 4.79 Å². The van der Waals surface area contributed by atoms with Gasteiger partial charge in [0.15, 0.2) is 0 Å². The Kier molecular flexibility index (Phi) is 6.04. The Hall–Kier alpha value is -2.50. The molecule has 27 heavy (non-hydrogen) atoms. The van der Waals surface area contributed by atoms with Gasteiger partial charge < -0.3 is 20.1 Å². The molecule has 2 aliphatic rings. The van der Waals surface area contributed by atoms with Gasteiger partial charge in [-0.1, -0.05) is 24.6 Å². The van der Waals surface area contributed by atoms with Crippen LogP contribution in [0.1, 0.15) is 64.5 Å². The summed E-state index contributed by atoms with van der Waals surface area (Å²) in [5.74, 6) is 0.270. The molecule has 1 aliphatic carbocycles. The topological polar surface area (TPSA) is 76.7 Å². The molecule has 1 aromatic rings. The quantitative estimate of drug-likeness (QED) is 0.767. The molecule has 6 nitrogen and oxygen atoms in total. The molecule has 1 aliphatic heterocycles. The molecule has 3 rings (SSSR count). The number of hydrogen-bond donors (Lipinski definition) is 2. The molecule has 0 aromatic heterocycles. The van der Waals surface area contributed by atoms with Gasteiger partial charge in [0.25, 0.3) is 0 Å². The number of ether oxygens (including phenoxy) is 2. The summed E-state index contributed by atoms with van der Waals surface area (Å²) < 4.78 is 11.7. The second-order valence-electron chi connectivity index (χ2n) is 7.44. The minimum Gasteiger partial charge on any atom is -0.491 e. The van der Waals surface area contributed by atoms with Crippen LogP contribution < -0.4 is 15.4 Å². The van der Waals surface area contributed by atoms with Crippen molar-refractivity contribution < 1.29 is 19.1 Å². The van der Waals surface area contributed by atoms with E-state index in [4.69, 9.17) is 9.47 Å². The maximum atomic E-state index is 13.0. The summed E-state index contributed by atoms with van der Waals surface area (Å²) in [5, 5.41) is 5.55. The van der Waals surface area contributed by atoms with Crippen LogP contribution in [0, 0.1) is 0 Å². The maximum absolute atomic E-state index is 13.0. The van der Waals surface area contributed by atoms with Gasteiger partial charge in [-0.05, 0) is 52.5 Å². The monoisotopic (exact) mass is 372 g/mol. The highest BCUT2D eigenvalue weighted by Crippen LogP contribution is 2.34. The molecule has 1 heterocycles. The zero-order valence-corrected chi connectivity index (χ0v) is 16.2. The number of urea groups is 1. The van der Waals surface area contributed by atoms with E-state index >= 15 is 0 Å². The zero-order chi connectivity index (χ0) is 19.4. The van der Waals surface area contributed by atoms with Crippen molar-refractivity contribution in [3.05, 3.63) is 41.1 Å². The number of para-hydroxylation sites is 1. The van der Waals surface area contributed by atoms with E-state index in [2.05, 4.69) is 10.6 Å². The number of carbonyl (C=O) groups excluding carboxylic acids is 2. The average molecular weight is 372 g/mol. The first kappa shape index (κ1) is 19.3. The van der Waals surface area contributed by atoms with Crippen molar-refractivity contribution >= 4 is 12.0 Å². The molecule has 2 N–H and O–H groups in total. The number of hydrogen-bond acceptors (Lipinski definition) is 4. The van der Waals surface area contributed by atoms with Crippen LogP contribution in [-0.4, -0.2) is 24.2 Å². The lowest BCUT2D eigenvalue weighted by molar-refractivity contribution is -0.146. The molecule has 1 fully saturated rings. The summed E-state index contributed by atoms with van der Waals surface area (Å²) in [6.07, 6.45) is 5.08. The van der Waals surface area contributed by atoms with Crippen molar-refractivity contribution in [2.75, 3.05) is 0 Å². The summed E-state index contributed by atoms with van der Waals surface area (Å²) in [5.41, 5.74) is 1.69. The van der Waals surface area contributed by atoms with E-state index in [1.165, 1.54) is 6.42 Å². The minimum atomic E-state index is -0.607. The van der Waals surface area contributed by atoms with E-state index in [0.717, 1.165) is 31.2 Å². The van der Waals surface area contributed by atoms with Gasteiger partial charge >= 0.3 is 12.0 Å². The average Bonchev–Trinajstić information content (AvgIpc) is 2.61. The fraction of sp³-hybridized carbons (Fsp3) is 0.524. The van der Waals surface area contributed by atoms with Crippen LogP contribution in [0.25, 0.3) is 0 Å². The molecule has 6 heteroatoms. The van der Waals surface area contributed by atoms with E-state index in [9.17, 15) is 9.59 Å². The molecule has 1 aromatic carbocycles. The van der Waals surface area contributed by atoms with Crippen LogP contribution >= 0.6 is 0 Å². The van der Waals surface area contributed by atoms with Gasteiger partial charge in [-0.2, -0.15) is 0 Å². The van der Waals surface area contributed by atoms with Crippen LogP contribution in [0.15, 0.2) is 35.5 Å². The smallest absolute Gasteiger partial charge is 0.338 e. The van der Waals surface area contributed by atoms with E-state index in [1.54, 1.807) is 6.92 Å². The standard InChI is InChI=1S/C21H28N2O4/c1-13(2)26-17-12-8-7-11-16(17)19-18(14(3)22-21(25)23-19)20(24)27-15-9-5-4-6-10-15/h7-8,11-13,15,19H,4-6,9-10H2,1-3H3,(H2,22,23,25). The van der Waals surface area contributed by atoms with Gasteiger partial charge in [-0.25, -0.2) is 9.59 Å². The Morgan fingerprint density at radius 3 is 2.56 bits per heavy atom. The van der Waals surface area contributed by atoms with E-state index in [0.29, 0.717) is 17.0 Å². The van der Waals surface area contributed by atoms with Gasteiger partial charge in [0.2, 0.25) is 0 Å². The van der Waals surface area contributed by atoms with Crippen molar-refractivity contribution in [1.82, 2.24) is 10.6 Å². The summed E-state index contributed by atoms with van der Waals surface area (Å²) in [6.45, 7) is 5.61. The third kappa shape index (κ3) is 4.62. The van der Waals surface area contributed by atoms with Crippen LogP contribution in [0.3, 0.4) is 0 Å². The van der Waals surface area contributed by atoms with Crippen molar-refractivity contribution in [3.8, 4) is 5.75 Å². The first-order valence-corrected chi connectivity index (χ1v) is 9.70. The van der Waals surface area contributed by atoms with Crippen LogP contribution in [-0.2, 0) is 9.53 Å². The van der Waals surface area contributed by atoms with Crippen molar-refractivity contribution in [3.63, 3.8) is 0 Å². The fourth-order valence-electron chi connectivity index (χ4n) is 3.68. The van der Waals surface area contributed by atoms with E-state index in [1.807, 2.05) is 38.1 Å². The third-order valence-corrected chi connectivity index (χ3v) is 4.91. The zero-order valence-electron chi connectivity index (χ0n) is 16.2. The van der Waals surface area contributed by atoms with Crippen molar-refractivity contribution in [1.29, 1.82) is 0 Å². The Labute approximate surface area is 160 Å². The molecular weight excluding hydrogens is 344 g/mol. The first-order valence-electron chi connectivity index (χ1n) is 9.70. The highest BCUT2D eigenvalue weighted by molar-refractivity contribution is 5.95. The molecule has 0 radical (unpaired) electrons. The van der Waals surface area contributed by atoms with Gasteiger partial charge in [-0.3, -0.25) is 0 Å². The third-order valence-electron chi connectivity index (χ3n) is 4.91. The number of amides is 2. The number of carbonyl (C=O) groups is 2. The predicted octanol–water partition coefficient (Wildman–Crippen LogP) is 3.98. The molecule has 0 bridgehead atoms. The molecular formula is C21H28N2O4. The minimum absolute atomic E-state index is 0.0220. The van der Waals surface area contributed by atoms with Gasteiger partial charge in [0.05, 0.1) is 17.7 Å². The molecule has 146 valence electrons. The lowest BCUT2D eigenvalue weighted by atomic mass is 9.94. The number of esters is 1. The fourth-order valence-corrected chi connectivity index (χ4v) is 3.68. The van der Waals surface area contributed by atoms with Crippen molar-refractivity contribution in [2.24, 2.45) is 0 Å². The number of nitrogens with one attached hydrogen (secondary N) is 2. The molecule has 0 spiro atoms. The van der Waals surface area contributed by atoms with Crippen LogP contribution in [0.5, 0.6) is 5.75 Å². The molecule has 1 atom stereocenters. The lowest BCUT2D eigenvalue weighted by Gasteiger charge is -2.31. The lowest BCUT2D eigenvalue weighted by Crippen LogP contribution is -2.45. The maximum Gasteiger partial charge on any atom is 0.338 e. The highest BCUT2D eigenvalue weighted by Gasteiger charge is 2.35. The summed E-state index contributed by atoms with van der Waals surface area (Å²) in [7, 11) is 0. The highest BCUT2D eigenvalue weighted by atomic mass is 16.5. The second kappa shape index (κ2) is 8.46. The van der Waals surface area contributed by atoms with Crippen molar-refractivity contribution in [2.45, 2.75) is 71.1 Å². The van der Waals surface area contributed by atoms with E-state index in [-0.39, 0.29) is 24.2 Å². The first-order chi connectivity index (χ1) is 13.0. The van der Waals surface area contributed by atoms with Gasteiger partial charge in [0.1, 0.15) is 11.9 Å². The largest absolute Gasteiger partial charge is 0.491 e. The van der Waals surface area contributed by atoms with Gasteiger partial charge in [0, 0.05) is 11.3 Å². The van der Waals surface area contributed by atoms with E-state index < -0.39 is 6.04 Å². The Morgan fingerprint density at radius 1 is 1.15 bits per heavy atom. The summed E-state index contributed by atoms with van der Waals surface area (Å²) >= 11 is 0. The second-order valence-corrected chi connectivity index (χ2v) is 7.44. The number of benzene rings is 1. The number of rotatable bonds is 5. The Bertz CT molecular complexity index is 735. The summed E-state index contributed by atoms with van der Waals surface area (Å²) in [6, 6.07) is 6.52. The Morgan fingerprint density at radius 2 is 1.85 bits per heavy atom.